The minimum Gasteiger partial charge on any atom is -1.00 e. The molecule has 0 bridgehead atoms. The number of hydrogen-bond donors (Lipinski definition) is 0. The second-order valence-electron chi connectivity index (χ2n) is 16.0. The van der Waals surface area contributed by atoms with Gasteiger partial charge in [-0.2, -0.15) is 23.5 Å². The number of carbonyl (C=O) groups excluding carboxylic acids is 1. The number of thioether (sulfide) groups is 2. The summed E-state index contributed by atoms with van der Waals surface area (Å²) in [5.41, 5.74) is 5.24. The van der Waals surface area contributed by atoms with E-state index in [9.17, 15) is 4.79 Å². The first kappa shape index (κ1) is 77.8. The predicted octanol–water partition coefficient (Wildman–Crippen LogP) is 7.68. The van der Waals surface area contributed by atoms with Crippen LogP contribution in [0.1, 0.15) is 122 Å². The maximum atomic E-state index is 9.44. The molecule has 5 aliphatic rings. The van der Waals surface area contributed by atoms with Crippen LogP contribution in [0, 0.1) is 0 Å². The van der Waals surface area contributed by atoms with E-state index in [1.54, 1.807) is 0 Å². The average Bonchev–Trinajstić information content (AvgIpc) is 4.03. The third-order valence-electron chi connectivity index (χ3n) is 9.69. The van der Waals surface area contributed by atoms with Crippen molar-refractivity contribution in [2.75, 3.05) is 46.0 Å². The Hall–Kier alpha value is 0.860. The number of carbonyl (C=O) groups is 1. The molecule has 5 aliphatic heterocycles. The van der Waals surface area contributed by atoms with Crippen molar-refractivity contribution in [3.8, 4) is 0 Å². The Morgan fingerprint density at radius 2 is 0.809 bits per heavy atom. The number of alkyl halides is 1. The van der Waals surface area contributed by atoms with Gasteiger partial charge in [0.1, 0.15) is 46.4 Å². The molecular formula is C52H78Cl7NaO4S4. The first-order valence-corrected chi connectivity index (χ1v) is 29.3. The molecule has 9 rings (SSSR count). The van der Waals surface area contributed by atoms with Gasteiger partial charge >= 0.3 is 29.6 Å². The van der Waals surface area contributed by atoms with Gasteiger partial charge in [-0.3, -0.25) is 0 Å². The Morgan fingerprint density at radius 3 is 1.03 bits per heavy atom. The van der Waals surface area contributed by atoms with E-state index in [0.29, 0.717) is 27.7 Å². The van der Waals surface area contributed by atoms with E-state index in [1.807, 2.05) is 72.8 Å². The first-order valence-electron chi connectivity index (χ1n) is 21.5. The molecule has 0 radical (unpaired) electrons. The van der Waals surface area contributed by atoms with E-state index in [2.05, 4.69) is 61.6 Å². The zero-order valence-corrected chi connectivity index (χ0v) is 49.8. The van der Waals surface area contributed by atoms with Crippen LogP contribution in [0.5, 0.6) is 0 Å². The van der Waals surface area contributed by atoms with E-state index in [0.717, 1.165) is 25.7 Å². The van der Waals surface area contributed by atoms with Gasteiger partial charge in [-0.25, -0.2) is 0 Å². The van der Waals surface area contributed by atoms with Crippen LogP contribution in [-0.2, 0) is 48.7 Å². The van der Waals surface area contributed by atoms with Crippen LogP contribution in [-0.4, -0.2) is 68.4 Å². The number of benzene rings is 4. The van der Waals surface area contributed by atoms with Crippen molar-refractivity contribution in [2.45, 2.75) is 123 Å². The second kappa shape index (κ2) is 46.4. The Bertz CT molecular complexity index is 1660. The summed E-state index contributed by atoms with van der Waals surface area (Å²) in [5, 5.41) is 3.22. The molecule has 5 fully saturated rings. The molecule has 1 atom stereocenters. The van der Waals surface area contributed by atoms with Gasteiger partial charge in [0.25, 0.3) is 0 Å². The van der Waals surface area contributed by atoms with Gasteiger partial charge in [-0.1, -0.05) is 110 Å². The van der Waals surface area contributed by atoms with E-state index in [1.165, 1.54) is 139 Å². The smallest absolute Gasteiger partial charge is 1.00 e. The molecule has 0 aliphatic carbocycles. The van der Waals surface area contributed by atoms with Crippen molar-refractivity contribution in [2.24, 2.45) is 0 Å². The number of hydrogen-bond acceptors (Lipinski definition) is 5. The standard InChI is InChI=1S/2C11H14ClS.C10H11ClO.C7H6Cl2.2C4H8S.C3H6O.2CH4.2ClH.Na.2H2O/c2*12-11-5-3-10(4-6-11)9-13-7-1-2-8-13;1-10(2)9(12-10)7-3-5-8(11)6-4-7;8-5-6-1-3-7(9)4-2-6;2*1-2-4-5-3-1;1-3(2)4;;;;;;;/h2*3-6H,1-2,7-9H2;3-6,9H,1-2H3;1-4H,5H2;2*1-4H2;1-2H3;2*1H4;2*1H;;2*1H2/q2*+1;;;;;;;;;;+1;;/p-3. The zero-order valence-electron chi connectivity index (χ0n) is 39.3. The summed E-state index contributed by atoms with van der Waals surface area (Å²) in [5.74, 6) is 14.7. The summed E-state index contributed by atoms with van der Waals surface area (Å²) in [7, 11) is 1.34. The summed E-state index contributed by atoms with van der Waals surface area (Å²) in [6.07, 6.45) is 11.9. The minimum absolute atomic E-state index is 0. The van der Waals surface area contributed by atoms with E-state index < -0.39 is 0 Å². The third kappa shape index (κ3) is 37.6. The van der Waals surface area contributed by atoms with E-state index in [4.69, 9.17) is 62.7 Å². The monoisotopic (exact) mass is 1160 g/mol. The first-order chi connectivity index (χ1) is 29.3. The third-order valence-corrected chi connectivity index (χ3v) is 18.3. The second-order valence-corrected chi connectivity index (χ2v) is 25.1. The summed E-state index contributed by atoms with van der Waals surface area (Å²) in [4.78, 5) is 9.44. The predicted molar refractivity (Wildman–Crippen MR) is 302 cm³/mol. The number of ketones is 1. The fraction of sp³-hybridized carbons (Fsp3) is 0.519. The van der Waals surface area contributed by atoms with Gasteiger partial charge < -0.3 is 45.3 Å². The number of halogens is 7. The van der Waals surface area contributed by atoms with Gasteiger partial charge in [0.2, 0.25) is 0 Å². The molecular weight excluding hydrogens is 1090 g/mol. The molecule has 4 nitrogen and oxygen atoms in total. The molecule has 5 saturated heterocycles. The average molecular weight is 1170 g/mol. The molecule has 384 valence electrons. The number of ether oxygens (including phenoxy) is 1. The Kier molecular flexibility index (Phi) is 53.1. The maximum absolute atomic E-state index is 9.44. The van der Waals surface area contributed by atoms with Crippen LogP contribution in [0.25, 0.3) is 0 Å². The quantitative estimate of drug-likeness (QED) is 0.0857. The molecule has 68 heavy (non-hydrogen) atoms. The number of epoxide rings is 1. The summed E-state index contributed by atoms with van der Waals surface area (Å²) in [6.45, 7) is 7.23. The zero-order chi connectivity index (χ0) is 44.3. The summed E-state index contributed by atoms with van der Waals surface area (Å²) >= 11 is 32.7. The number of rotatable bonds is 6. The Balaban J connectivity index is -0.000000231. The Morgan fingerprint density at radius 1 is 0.559 bits per heavy atom. The topological polar surface area (TPSA) is 91.1 Å². The Labute approximate surface area is 487 Å². The van der Waals surface area contributed by atoms with Gasteiger partial charge in [0, 0.05) is 37.1 Å². The molecule has 3 N–H and O–H groups in total. The molecule has 0 spiro atoms. The van der Waals surface area contributed by atoms with E-state index in [-0.39, 0.29) is 97.7 Å². The van der Waals surface area contributed by atoms with Crippen LogP contribution < -0.4 is 54.4 Å². The molecule has 0 saturated carbocycles. The van der Waals surface area contributed by atoms with Gasteiger partial charge in [0.15, 0.2) is 0 Å². The van der Waals surface area contributed by atoms with Crippen molar-refractivity contribution in [1.82, 2.24) is 0 Å². The fourth-order valence-corrected chi connectivity index (χ4v) is 13.8. The SMILES string of the molecule is C.C.C1CCSC1.C1CCSC1.CC(C)=O.CC1(C)OC1c1ccc(Cl)cc1.ClCc1ccc(Cl)cc1.Clc1ccc(C[S+]2CCCC2)cc1.Clc1ccc(C[S+]2CCCC2)cc1.O.[Cl-].[Cl-].[Na+].[OH-]. The molecule has 0 amide bonds. The van der Waals surface area contributed by atoms with Gasteiger partial charge in [0.05, 0.1) is 5.60 Å². The molecule has 5 heterocycles. The van der Waals surface area contributed by atoms with Crippen LogP contribution >= 0.6 is 81.5 Å². The molecule has 0 aromatic heterocycles. The normalized spacial score (nSPS) is 16.5. The minimum atomic E-state index is 0. The van der Waals surface area contributed by atoms with Crippen molar-refractivity contribution < 1.29 is 74.9 Å². The summed E-state index contributed by atoms with van der Waals surface area (Å²) in [6, 6.07) is 31.9. The molecule has 4 aromatic rings. The molecule has 4 aromatic carbocycles. The van der Waals surface area contributed by atoms with Crippen molar-refractivity contribution in [3.05, 3.63) is 139 Å². The van der Waals surface area contributed by atoms with Gasteiger partial charge in [-0.15, -0.1) is 11.6 Å². The van der Waals surface area contributed by atoms with E-state index >= 15 is 0 Å². The van der Waals surface area contributed by atoms with Crippen LogP contribution in [0.3, 0.4) is 0 Å². The van der Waals surface area contributed by atoms with Crippen LogP contribution in [0.4, 0.5) is 0 Å². The summed E-state index contributed by atoms with van der Waals surface area (Å²) < 4.78 is 5.49. The van der Waals surface area contributed by atoms with Gasteiger partial charge in [-0.05, 0) is 184 Å². The fourth-order valence-electron chi connectivity index (χ4n) is 6.32. The molecule has 16 heteroatoms. The largest absolute Gasteiger partial charge is 1.00 e. The molecule has 1 unspecified atom stereocenters. The van der Waals surface area contributed by atoms with Crippen LogP contribution in [0.2, 0.25) is 20.1 Å². The van der Waals surface area contributed by atoms with Crippen molar-refractivity contribution in [3.63, 3.8) is 0 Å². The maximum Gasteiger partial charge on any atom is 1.00 e. The number of Topliss-reactive ketones (excluding diaryl/α,β-unsaturated/α-hetero) is 1. The van der Waals surface area contributed by atoms with Crippen molar-refractivity contribution in [1.29, 1.82) is 0 Å². The van der Waals surface area contributed by atoms with Crippen molar-refractivity contribution >= 4 is 109 Å². The van der Waals surface area contributed by atoms with Crippen LogP contribution in [0.15, 0.2) is 97.1 Å².